The van der Waals surface area contributed by atoms with Gasteiger partial charge in [-0.3, -0.25) is 4.79 Å². The second kappa shape index (κ2) is 6.79. The molecule has 1 amide bonds. The Kier molecular flexibility index (Phi) is 4.02. The summed E-state index contributed by atoms with van der Waals surface area (Å²) in [6, 6.07) is 8.58. The fourth-order valence-corrected chi connectivity index (χ4v) is 5.12. The van der Waals surface area contributed by atoms with Crippen molar-refractivity contribution in [3.05, 3.63) is 53.9 Å². The molecule has 8 nitrogen and oxygen atoms in total. The van der Waals surface area contributed by atoms with E-state index in [1.54, 1.807) is 12.1 Å². The molecule has 2 bridgehead atoms. The smallest absolute Gasteiger partial charge is 0.310 e. The second-order valence-corrected chi connectivity index (χ2v) is 8.06. The van der Waals surface area contributed by atoms with Gasteiger partial charge in [-0.15, -0.1) is 0 Å². The van der Waals surface area contributed by atoms with Crippen molar-refractivity contribution in [3.63, 3.8) is 0 Å². The Labute approximate surface area is 174 Å². The van der Waals surface area contributed by atoms with Gasteiger partial charge in [0.1, 0.15) is 17.5 Å². The van der Waals surface area contributed by atoms with Crippen molar-refractivity contribution in [2.24, 2.45) is 0 Å². The number of carbonyl (C=O) groups excluding carboxylic acids is 1. The number of fused-ring (bicyclic) bond motifs is 4. The maximum absolute atomic E-state index is 13.5. The van der Waals surface area contributed by atoms with Crippen LogP contribution in [0.5, 0.6) is 0 Å². The average Bonchev–Trinajstić information content (AvgIpc) is 3.48. The van der Waals surface area contributed by atoms with Crippen LogP contribution in [0.4, 0.5) is 8.78 Å². The Balaban J connectivity index is 1.40. The Hall–Kier alpha value is -3.43. The molecule has 158 valence electrons. The number of piperidine rings is 1. The fraction of sp³-hybridized carbons (Fsp3) is 0.381. The maximum Gasteiger partial charge on any atom is 0.310 e. The molecule has 0 aliphatic carbocycles. The van der Waals surface area contributed by atoms with E-state index in [1.165, 1.54) is 16.9 Å². The number of halogens is 2. The van der Waals surface area contributed by atoms with Crippen molar-refractivity contribution >= 4 is 22.8 Å². The van der Waals surface area contributed by atoms with E-state index in [4.69, 9.17) is 4.42 Å². The third-order valence-corrected chi connectivity index (χ3v) is 6.44. The minimum absolute atomic E-state index is 0.0626. The summed E-state index contributed by atoms with van der Waals surface area (Å²) in [7, 11) is 0. The summed E-state index contributed by atoms with van der Waals surface area (Å²) in [6.07, 6.45) is 1.79. The average molecular weight is 424 g/mol. The Morgan fingerprint density at radius 2 is 1.97 bits per heavy atom. The predicted octanol–water partition coefficient (Wildman–Crippen LogP) is 3.75. The normalized spacial score (nSPS) is 23.3. The summed E-state index contributed by atoms with van der Waals surface area (Å²) in [5.74, 6) is -0.208. The maximum atomic E-state index is 13.5. The molecule has 31 heavy (non-hydrogen) atoms. The molecule has 0 spiro atoms. The monoisotopic (exact) mass is 424 g/mol. The molecule has 5 heterocycles. The highest BCUT2D eigenvalue weighted by Crippen LogP contribution is 2.45. The summed E-state index contributed by atoms with van der Waals surface area (Å²) < 4.78 is 34.1. The van der Waals surface area contributed by atoms with E-state index in [0.29, 0.717) is 16.8 Å². The van der Waals surface area contributed by atoms with Crippen molar-refractivity contribution < 1.29 is 18.0 Å². The van der Waals surface area contributed by atoms with E-state index in [2.05, 4.69) is 20.1 Å². The van der Waals surface area contributed by atoms with Gasteiger partial charge in [0.25, 0.3) is 18.1 Å². The van der Waals surface area contributed by atoms with Crippen LogP contribution >= 0.6 is 0 Å². The van der Waals surface area contributed by atoms with Crippen LogP contribution in [0.3, 0.4) is 0 Å². The zero-order chi connectivity index (χ0) is 21.1. The molecule has 0 unspecified atom stereocenters. The van der Waals surface area contributed by atoms with Crippen LogP contribution in [0.2, 0.25) is 0 Å². The summed E-state index contributed by atoms with van der Waals surface area (Å²) in [5.41, 5.74) is 1.48. The molecule has 1 aromatic carbocycles. The molecular formula is C21H18F2N6O2. The summed E-state index contributed by atoms with van der Waals surface area (Å²) in [4.78, 5) is 27.5. The van der Waals surface area contributed by atoms with Crippen LogP contribution in [0.1, 0.15) is 60.1 Å². The largest absolute Gasteiger partial charge is 0.432 e. The van der Waals surface area contributed by atoms with Crippen LogP contribution < -0.4 is 0 Å². The molecule has 10 heteroatoms. The molecule has 2 saturated heterocycles. The van der Waals surface area contributed by atoms with E-state index in [0.717, 1.165) is 25.7 Å². The number of alkyl halides is 2. The Bertz CT molecular complexity index is 1270. The van der Waals surface area contributed by atoms with E-state index in [9.17, 15) is 13.6 Å². The number of rotatable bonds is 3. The number of hydrogen-bond donors (Lipinski definition) is 0. The first-order valence-corrected chi connectivity index (χ1v) is 10.3. The Morgan fingerprint density at radius 1 is 1.13 bits per heavy atom. The molecule has 0 saturated carbocycles. The third kappa shape index (κ3) is 2.81. The van der Waals surface area contributed by atoms with E-state index in [1.807, 2.05) is 17.0 Å². The lowest BCUT2D eigenvalue weighted by Gasteiger charge is -2.39. The van der Waals surface area contributed by atoms with Crippen molar-refractivity contribution in [2.75, 3.05) is 0 Å². The number of carbonyl (C=O) groups is 1. The summed E-state index contributed by atoms with van der Waals surface area (Å²) in [6.45, 7) is 0. The minimum Gasteiger partial charge on any atom is -0.432 e. The highest BCUT2D eigenvalue weighted by molar-refractivity contribution is 5.93. The van der Waals surface area contributed by atoms with Crippen LogP contribution in [0.25, 0.3) is 16.9 Å². The molecule has 2 aliphatic rings. The lowest BCUT2D eigenvalue weighted by atomic mass is 9.87. The van der Waals surface area contributed by atoms with Crippen molar-refractivity contribution in [3.8, 4) is 0 Å². The van der Waals surface area contributed by atoms with Crippen molar-refractivity contribution in [1.82, 2.24) is 29.5 Å². The second-order valence-electron chi connectivity index (χ2n) is 8.06. The zero-order valence-electron chi connectivity index (χ0n) is 16.4. The van der Waals surface area contributed by atoms with Gasteiger partial charge in [0.15, 0.2) is 5.58 Å². The van der Waals surface area contributed by atoms with Gasteiger partial charge in [0.2, 0.25) is 0 Å². The number of benzene rings is 1. The number of oxazole rings is 1. The van der Waals surface area contributed by atoms with E-state index < -0.39 is 6.43 Å². The molecule has 3 aromatic heterocycles. The fourth-order valence-electron chi connectivity index (χ4n) is 5.12. The van der Waals surface area contributed by atoms with Crippen molar-refractivity contribution in [1.29, 1.82) is 0 Å². The van der Waals surface area contributed by atoms with Crippen LogP contribution in [0, 0.1) is 0 Å². The van der Waals surface area contributed by atoms with Gasteiger partial charge >= 0.3 is 5.91 Å². The molecule has 3 atom stereocenters. The van der Waals surface area contributed by atoms with Gasteiger partial charge in [-0.2, -0.15) is 10.1 Å². The highest BCUT2D eigenvalue weighted by Gasteiger charge is 2.47. The SMILES string of the molecule is O=C(c1nc2ccccc2o1)N1[C@H]2CC[C@H](c3cc(C(F)F)nc4ncnn34)[C@@H]1CC2. The zero-order valence-corrected chi connectivity index (χ0v) is 16.4. The van der Waals surface area contributed by atoms with Crippen molar-refractivity contribution in [2.45, 2.75) is 50.1 Å². The standard InChI is InChI=1S/C21H18F2N6O2/c22-18(23)14-9-16(29-21(27-14)24-10-25-29)12-7-5-11-6-8-15(12)28(11)20(30)19-26-13-3-1-2-4-17(13)31-19/h1-4,9-12,15,18H,5-8H2/t11-,12-,15-/m0/s1. The first kappa shape index (κ1) is 18.3. The molecule has 2 aliphatic heterocycles. The number of aromatic nitrogens is 5. The van der Waals surface area contributed by atoms with Crippen LogP contribution in [-0.2, 0) is 0 Å². The number of para-hydroxylation sites is 2. The first-order chi connectivity index (χ1) is 15.1. The van der Waals surface area contributed by atoms with E-state index in [-0.39, 0.29) is 41.3 Å². The topological polar surface area (TPSA) is 89.4 Å². The molecule has 4 aromatic rings. The first-order valence-electron chi connectivity index (χ1n) is 10.3. The van der Waals surface area contributed by atoms with Crippen LogP contribution in [0.15, 0.2) is 41.1 Å². The van der Waals surface area contributed by atoms with E-state index >= 15 is 0 Å². The molecule has 6 rings (SSSR count). The third-order valence-electron chi connectivity index (χ3n) is 6.44. The minimum atomic E-state index is -2.71. The van der Waals surface area contributed by atoms with Gasteiger partial charge in [-0.05, 0) is 43.9 Å². The molecule has 0 N–H and O–H groups in total. The molecular weight excluding hydrogens is 406 g/mol. The van der Waals surface area contributed by atoms with Gasteiger partial charge < -0.3 is 9.32 Å². The molecule has 0 radical (unpaired) electrons. The summed E-state index contributed by atoms with van der Waals surface area (Å²) >= 11 is 0. The predicted molar refractivity (Wildman–Crippen MR) is 105 cm³/mol. The Morgan fingerprint density at radius 3 is 2.81 bits per heavy atom. The van der Waals surface area contributed by atoms with Gasteiger partial charge in [-0.25, -0.2) is 23.3 Å². The lowest BCUT2D eigenvalue weighted by Crippen LogP contribution is -2.47. The lowest BCUT2D eigenvalue weighted by molar-refractivity contribution is 0.0516. The highest BCUT2D eigenvalue weighted by atomic mass is 19.3. The quantitative estimate of drug-likeness (QED) is 0.498. The number of hydrogen-bond acceptors (Lipinski definition) is 6. The van der Waals surface area contributed by atoms with Gasteiger partial charge in [0.05, 0.1) is 5.69 Å². The summed E-state index contributed by atoms with van der Waals surface area (Å²) in [5, 5.41) is 4.20. The van der Waals surface area contributed by atoms with Gasteiger partial charge in [-0.1, -0.05) is 12.1 Å². The molecule has 2 fully saturated rings. The van der Waals surface area contributed by atoms with Crippen LogP contribution in [-0.4, -0.2) is 47.5 Å². The number of amides is 1. The van der Waals surface area contributed by atoms with Gasteiger partial charge in [0, 0.05) is 18.0 Å². The number of nitrogens with zero attached hydrogens (tertiary/aromatic N) is 6.